The van der Waals surface area contributed by atoms with Gasteiger partial charge in [-0.1, -0.05) is 0 Å². The quantitative estimate of drug-likeness (QED) is 0.521. The number of nitrogens with zero attached hydrogens (tertiary/aromatic N) is 4. The molecular weight excluding hydrogens is 351 g/mol. The Morgan fingerprint density at radius 2 is 2.11 bits per heavy atom. The molecule has 27 heavy (non-hydrogen) atoms. The Morgan fingerprint density at radius 1 is 1.30 bits per heavy atom. The zero-order chi connectivity index (χ0) is 19.1. The minimum atomic E-state index is -0.656. The van der Waals surface area contributed by atoms with Crippen LogP contribution >= 0.6 is 0 Å². The summed E-state index contributed by atoms with van der Waals surface area (Å²) in [6.45, 7) is 1.85. The summed E-state index contributed by atoms with van der Waals surface area (Å²) >= 11 is 0. The van der Waals surface area contributed by atoms with E-state index in [2.05, 4.69) is 10.1 Å². The third-order valence-electron chi connectivity index (χ3n) is 4.35. The van der Waals surface area contributed by atoms with E-state index >= 15 is 0 Å². The number of ether oxygens (including phenoxy) is 1. The maximum atomic E-state index is 13.8. The number of esters is 1. The maximum Gasteiger partial charge on any atom is 0.359 e. The van der Waals surface area contributed by atoms with Gasteiger partial charge in [0.2, 0.25) is 0 Å². The van der Waals surface area contributed by atoms with Crippen molar-refractivity contribution in [1.82, 2.24) is 19.3 Å². The summed E-state index contributed by atoms with van der Waals surface area (Å²) in [6.07, 6.45) is 3.04. The van der Waals surface area contributed by atoms with Crippen LogP contribution in [-0.4, -0.2) is 31.9 Å². The molecule has 7 nitrogen and oxygen atoms in total. The lowest BCUT2D eigenvalue weighted by atomic mass is 10.1. The smallest absolute Gasteiger partial charge is 0.359 e. The number of hydrogen-bond donors (Lipinski definition) is 0. The van der Waals surface area contributed by atoms with E-state index in [0.717, 1.165) is 4.68 Å². The van der Waals surface area contributed by atoms with Crippen molar-refractivity contribution in [2.75, 3.05) is 6.61 Å². The van der Waals surface area contributed by atoms with Gasteiger partial charge in [0, 0.05) is 24.0 Å². The lowest BCUT2D eigenvalue weighted by Gasteiger charge is -2.09. The minimum absolute atomic E-state index is 0.00693. The first-order chi connectivity index (χ1) is 13.0. The predicted molar refractivity (Wildman–Crippen MR) is 97.5 cm³/mol. The van der Waals surface area contributed by atoms with Gasteiger partial charge in [-0.2, -0.15) is 9.78 Å². The van der Waals surface area contributed by atoms with Crippen LogP contribution in [-0.2, 0) is 11.8 Å². The van der Waals surface area contributed by atoms with Crippen LogP contribution in [0.5, 0.6) is 0 Å². The van der Waals surface area contributed by atoms with E-state index in [0.29, 0.717) is 22.0 Å². The molecule has 0 radical (unpaired) electrons. The zero-order valence-electron chi connectivity index (χ0n) is 14.6. The summed E-state index contributed by atoms with van der Waals surface area (Å²) in [5, 5.41) is 5.16. The monoisotopic (exact) mass is 366 g/mol. The third kappa shape index (κ3) is 2.57. The Hall–Kier alpha value is -3.55. The molecule has 0 saturated carbocycles. The second-order valence-electron chi connectivity index (χ2n) is 5.94. The van der Waals surface area contributed by atoms with Crippen LogP contribution in [0.1, 0.15) is 17.4 Å². The number of benzene rings is 1. The van der Waals surface area contributed by atoms with Crippen molar-refractivity contribution >= 4 is 27.8 Å². The van der Waals surface area contributed by atoms with E-state index in [1.807, 2.05) is 0 Å². The van der Waals surface area contributed by atoms with E-state index in [4.69, 9.17) is 4.74 Å². The zero-order valence-corrected chi connectivity index (χ0v) is 14.6. The largest absolute Gasteiger partial charge is 0.461 e. The molecule has 3 aromatic heterocycles. The van der Waals surface area contributed by atoms with Gasteiger partial charge in [0.1, 0.15) is 11.3 Å². The molecule has 0 bridgehead atoms. The van der Waals surface area contributed by atoms with Gasteiger partial charge in [0.05, 0.1) is 24.0 Å². The first-order valence-electron chi connectivity index (χ1n) is 8.31. The van der Waals surface area contributed by atoms with E-state index in [1.165, 1.54) is 24.4 Å². The van der Waals surface area contributed by atoms with Crippen LogP contribution in [0.3, 0.4) is 0 Å². The molecule has 0 amide bonds. The first-order valence-corrected chi connectivity index (χ1v) is 8.31. The van der Waals surface area contributed by atoms with E-state index in [9.17, 15) is 14.0 Å². The van der Waals surface area contributed by atoms with Gasteiger partial charge >= 0.3 is 5.97 Å². The molecule has 0 atom stereocenters. The molecule has 0 aliphatic rings. The van der Waals surface area contributed by atoms with Gasteiger partial charge in [-0.05, 0) is 37.3 Å². The van der Waals surface area contributed by atoms with Crippen molar-refractivity contribution in [1.29, 1.82) is 0 Å². The van der Waals surface area contributed by atoms with Crippen LogP contribution < -0.4 is 5.56 Å². The molecule has 0 fully saturated rings. The molecule has 0 unspecified atom stereocenters. The Morgan fingerprint density at radius 3 is 2.81 bits per heavy atom. The standard InChI is InChI=1S/C19H15FN4O3/c1-3-27-19(26)16-15-13-7-6-11(20)9-14(13)23(2)17(15)18(25)24(22-16)12-5-4-8-21-10-12/h4-10H,3H2,1-2H3. The molecule has 3 heterocycles. The Labute approximate surface area is 152 Å². The Balaban J connectivity index is 2.19. The summed E-state index contributed by atoms with van der Waals surface area (Å²) in [4.78, 5) is 29.7. The molecule has 136 valence electrons. The molecule has 4 rings (SSSR count). The second-order valence-corrected chi connectivity index (χ2v) is 5.94. The van der Waals surface area contributed by atoms with Crippen molar-refractivity contribution in [3.63, 3.8) is 0 Å². The van der Waals surface area contributed by atoms with Crippen molar-refractivity contribution < 1.29 is 13.9 Å². The summed E-state index contributed by atoms with van der Waals surface area (Å²) in [5.41, 5.74) is 0.681. The van der Waals surface area contributed by atoms with Gasteiger partial charge in [0.25, 0.3) is 5.56 Å². The summed E-state index contributed by atoms with van der Waals surface area (Å²) in [6, 6.07) is 7.45. The Bertz CT molecular complexity index is 1250. The highest BCUT2D eigenvalue weighted by atomic mass is 19.1. The number of aryl methyl sites for hydroxylation is 1. The summed E-state index contributed by atoms with van der Waals surface area (Å²) in [5.74, 6) is -1.09. The molecule has 0 spiro atoms. The molecule has 1 aromatic carbocycles. The van der Waals surface area contributed by atoms with Gasteiger partial charge in [-0.15, -0.1) is 0 Å². The van der Waals surface area contributed by atoms with Crippen molar-refractivity contribution in [3.05, 3.63) is 64.6 Å². The number of rotatable bonds is 3. The highest BCUT2D eigenvalue weighted by molar-refractivity contribution is 6.15. The fourth-order valence-corrected chi connectivity index (χ4v) is 3.19. The van der Waals surface area contributed by atoms with Gasteiger partial charge in [-0.25, -0.2) is 9.18 Å². The first kappa shape index (κ1) is 16.9. The number of hydrogen-bond acceptors (Lipinski definition) is 5. The Kier molecular flexibility index (Phi) is 3.95. The number of pyridine rings is 1. The maximum absolute atomic E-state index is 13.8. The van der Waals surface area contributed by atoms with Gasteiger partial charge < -0.3 is 9.30 Å². The van der Waals surface area contributed by atoms with Crippen LogP contribution in [0.15, 0.2) is 47.5 Å². The normalized spacial score (nSPS) is 11.2. The fraction of sp³-hybridized carbons (Fsp3) is 0.158. The second kappa shape index (κ2) is 6.31. The van der Waals surface area contributed by atoms with E-state index in [1.54, 1.807) is 36.9 Å². The molecule has 0 saturated heterocycles. The number of fused-ring (bicyclic) bond motifs is 3. The van der Waals surface area contributed by atoms with Crippen LogP contribution in [0.25, 0.3) is 27.5 Å². The van der Waals surface area contributed by atoms with Gasteiger partial charge in [-0.3, -0.25) is 9.78 Å². The lowest BCUT2D eigenvalue weighted by molar-refractivity contribution is 0.0520. The molecular formula is C19H15FN4O3. The average molecular weight is 366 g/mol. The highest BCUT2D eigenvalue weighted by Crippen LogP contribution is 2.29. The molecule has 0 aliphatic heterocycles. The third-order valence-corrected chi connectivity index (χ3v) is 4.35. The molecule has 8 heteroatoms. The molecule has 0 N–H and O–H groups in total. The lowest BCUT2D eigenvalue weighted by Crippen LogP contribution is -2.26. The summed E-state index contributed by atoms with van der Waals surface area (Å²) < 4.78 is 21.6. The predicted octanol–water partition coefficient (Wildman–Crippen LogP) is 2.59. The van der Waals surface area contributed by atoms with Crippen molar-refractivity contribution in [2.24, 2.45) is 7.05 Å². The SMILES string of the molecule is CCOC(=O)c1nn(-c2cccnc2)c(=O)c2c1c1ccc(F)cc1n2C. The van der Waals surface area contributed by atoms with Gasteiger partial charge in [0.15, 0.2) is 5.69 Å². The van der Waals surface area contributed by atoms with Crippen molar-refractivity contribution in [3.8, 4) is 5.69 Å². The number of aromatic nitrogens is 4. The van der Waals surface area contributed by atoms with Crippen LogP contribution in [0, 0.1) is 5.82 Å². The van der Waals surface area contributed by atoms with E-state index in [-0.39, 0.29) is 17.8 Å². The van der Waals surface area contributed by atoms with E-state index < -0.39 is 17.3 Å². The fourth-order valence-electron chi connectivity index (χ4n) is 3.19. The minimum Gasteiger partial charge on any atom is -0.461 e. The number of carbonyl (C=O) groups is 1. The average Bonchev–Trinajstić information content (AvgIpc) is 2.96. The summed E-state index contributed by atoms with van der Waals surface area (Å²) in [7, 11) is 1.65. The molecule has 0 aliphatic carbocycles. The van der Waals surface area contributed by atoms with Crippen LogP contribution in [0.2, 0.25) is 0 Å². The number of carbonyl (C=O) groups excluding carboxylic acids is 1. The highest BCUT2D eigenvalue weighted by Gasteiger charge is 2.24. The molecule has 4 aromatic rings. The topological polar surface area (TPSA) is 79.0 Å². The number of halogens is 1. The van der Waals surface area contributed by atoms with Crippen molar-refractivity contribution in [2.45, 2.75) is 6.92 Å². The van der Waals surface area contributed by atoms with Crippen LogP contribution in [0.4, 0.5) is 4.39 Å².